The fourth-order valence-corrected chi connectivity index (χ4v) is 8.37. The summed E-state index contributed by atoms with van der Waals surface area (Å²) in [5.74, 6) is -1.08. The zero-order valence-electron chi connectivity index (χ0n) is 30.6. The van der Waals surface area contributed by atoms with E-state index in [9.17, 15) is 57.9 Å². The molecule has 2 unspecified atom stereocenters. The van der Waals surface area contributed by atoms with Gasteiger partial charge in [-0.15, -0.1) is 0 Å². The highest BCUT2D eigenvalue weighted by molar-refractivity contribution is 8.13. The van der Waals surface area contributed by atoms with E-state index in [1.807, 2.05) is 19.9 Å². The van der Waals surface area contributed by atoms with Gasteiger partial charge < -0.3 is 50.9 Å². The van der Waals surface area contributed by atoms with Crippen LogP contribution in [-0.2, 0) is 50.7 Å². The van der Waals surface area contributed by atoms with Crippen molar-refractivity contribution in [2.75, 3.05) is 37.8 Å². The average Bonchev–Trinajstić information content (AvgIpc) is 3.64. The molecule has 3 rings (SSSR count). The molecule has 1 fully saturated rings. The van der Waals surface area contributed by atoms with Crippen LogP contribution in [0, 0.1) is 5.41 Å². The van der Waals surface area contributed by atoms with Gasteiger partial charge in [-0.25, -0.2) is 28.6 Å². The molecule has 1 aliphatic heterocycles. The number of hydrogen-bond donors (Lipinski definition) is 9. The summed E-state index contributed by atoms with van der Waals surface area (Å²) in [7, 11) is -16.4. The molecule has 0 bridgehead atoms. The zero-order valence-corrected chi connectivity index (χ0v) is 34.1. The van der Waals surface area contributed by atoms with Crippen molar-refractivity contribution in [2.45, 2.75) is 77.6 Å². The van der Waals surface area contributed by atoms with Gasteiger partial charge in [0.15, 0.2) is 22.8 Å². The van der Waals surface area contributed by atoms with Gasteiger partial charge in [-0.1, -0.05) is 37.3 Å². The molecule has 1 saturated heterocycles. The van der Waals surface area contributed by atoms with Crippen LogP contribution in [0.4, 0.5) is 5.82 Å². The number of phosphoric ester groups is 3. The van der Waals surface area contributed by atoms with Gasteiger partial charge in [-0.2, -0.15) is 4.31 Å². The number of nitrogens with one attached hydrogen (secondary N) is 2. The van der Waals surface area contributed by atoms with Gasteiger partial charge in [0, 0.05) is 37.1 Å². The fourth-order valence-electron chi connectivity index (χ4n) is 4.85. The number of rotatable bonds is 22. The number of carbonyl (C=O) groups is 3. The number of nitrogen functional groups attached to an aromatic ring is 1. The van der Waals surface area contributed by atoms with Crippen LogP contribution in [0.2, 0.25) is 0 Å². The number of nitrogens with two attached hydrogens (primary N) is 1. The number of aliphatic hydroxyl groups excluding tert-OH is 2. The molecular formula is C28H46N7O17P3S. The normalized spacial score (nSPS) is 21.5. The monoisotopic (exact) mass is 877 g/mol. The molecule has 2 aromatic heterocycles. The number of hydrogen-bond acceptors (Lipinski definition) is 18. The smallest absolute Gasteiger partial charge is 0.386 e. The van der Waals surface area contributed by atoms with Gasteiger partial charge in [-0.05, 0) is 20.3 Å². The van der Waals surface area contributed by atoms with E-state index in [-0.39, 0.29) is 41.6 Å². The lowest BCUT2D eigenvalue weighted by molar-refractivity contribution is -0.137. The maximum atomic E-state index is 12.7. The number of nitrogens with zero attached hydrogens (tertiary/aromatic N) is 4. The van der Waals surface area contributed by atoms with Crippen molar-refractivity contribution in [3.05, 3.63) is 24.3 Å². The van der Waals surface area contributed by atoms with E-state index in [1.165, 1.54) is 13.8 Å². The van der Waals surface area contributed by atoms with E-state index in [2.05, 4.69) is 34.4 Å². The Hall–Kier alpha value is -2.70. The van der Waals surface area contributed by atoms with Crippen LogP contribution in [-0.4, -0.2) is 123 Å². The summed E-state index contributed by atoms with van der Waals surface area (Å²) >= 11 is 1.09. The Morgan fingerprint density at radius 1 is 1.05 bits per heavy atom. The highest BCUT2D eigenvalue weighted by Gasteiger charge is 2.50. The number of aliphatic hydroxyl groups is 2. The average molecular weight is 878 g/mol. The maximum absolute atomic E-state index is 12.7. The van der Waals surface area contributed by atoms with Crippen LogP contribution in [0.3, 0.4) is 0 Å². The first kappa shape index (κ1) is 47.7. The van der Waals surface area contributed by atoms with Gasteiger partial charge in [-0.3, -0.25) is 32.5 Å². The molecule has 56 heavy (non-hydrogen) atoms. The third-order valence-corrected chi connectivity index (χ3v) is 11.7. The second-order valence-corrected chi connectivity index (χ2v) is 18.5. The summed E-state index contributed by atoms with van der Waals surface area (Å²) in [4.78, 5) is 87.4. The van der Waals surface area contributed by atoms with Crippen LogP contribution < -0.4 is 16.4 Å². The van der Waals surface area contributed by atoms with Crippen molar-refractivity contribution in [3.8, 4) is 0 Å². The van der Waals surface area contributed by atoms with Gasteiger partial charge in [0.2, 0.25) is 11.8 Å². The van der Waals surface area contributed by atoms with E-state index in [0.717, 1.165) is 34.6 Å². The van der Waals surface area contributed by atoms with Gasteiger partial charge >= 0.3 is 23.5 Å². The topological polar surface area (TPSA) is 364 Å². The minimum Gasteiger partial charge on any atom is -0.386 e. The summed E-state index contributed by atoms with van der Waals surface area (Å²) in [5.41, 5.74) is 5.38. The van der Waals surface area contributed by atoms with Crippen LogP contribution in [0.25, 0.3) is 11.2 Å². The van der Waals surface area contributed by atoms with Gasteiger partial charge in [0.1, 0.15) is 36.3 Å². The molecule has 7 atom stereocenters. The molecule has 316 valence electrons. The molecule has 0 spiro atoms. The summed E-state index contributed by atoms with van der Waals surface area (Å²) in [6.07, 6.45) is -3.93. The van der Waals surface area contributed by atoms with Crippen LogP contribution in [0.5, 0.6) is 0 Å². The second-order valence-electron chi connectivity index (χ2n) is 13.1. The first-order valence-electron chi connectivity index (χ1n) is 16.6. The first-order chi connectivity index (χ1) is 25.9. The first-order valence-corrected chi connectivity index (χ1v) is 22.1. The van der Waals surface area contributed by atoms with Crippen molar-refractivity contribution in [1.82, 2.24) is 30.2 Å². The Labute approximate surface area is 324 Å². The molecule has 28 heteroatoms. The minimum absolute atomic E-state index is 0.00585. The van der Waals surface area contributed by atoms with Crippen LogP contribution in [0.15, 0.2) is 24.3 Å². The number of imidazole rings is 1. The number of ether oxygens (including phenoxy) is 1. The maximum Gasteiger partial charge on any atom is 0.481 e. The predicted molar refractivity (Wildman–Crippen MR) is 196 cm³/mol. The van der Waals surface area contributed by atoms with Crippen molar-refractivity contribution < 1.29 is 80.5 Å². The minimum atomic E-state index is -5.57. The van der Waals surface area contributed by atoms with E-state index in [1.54, 1.807) is 0 Å². The molecule has 0 radical (unpaired) electrons. The Morgan fingerprint density at radius 2 is 1.73 bits per heavy atom. The molecule has 0 aromatic carbocycles. The number of aromatic nitrogens is 4. The Kier molecular flexibility index (Phi) is 17.3. The summed E-state index contributed by atoms with van der Waals surface area (Å²) in [6, 6.07) is 0. The van der Waals surface area contributed by atoms with E-state index in [4.69, 9.17) is 19.5 Å². The largest absolute Gasteiger partial charge is 0.481 e. The lowest BCUT2D eigenvalue weighted by Gasteiger charge is -2.30. The number of anilines is 1. The molecular weight excluding hydrogens is 831 g/mol. The molecule has 3 heterocycles. The van der Waals surface area contributed by atoms with E-state index in [0.29, 0.717) is 18.6 Å². The van der Waals surface area contributed by atoms with Crippen molar-refractivity contribution in [3.63, 3.8) is 0 Å². The Balaban J connectivity index is 1.48. The Bertz CT molecular complexity index is 1870. The lowest BCUT2D eigenvalue weighted by atomic mass is 9.87. The number of carbonyl (C=O) groups excluding carboxylic acids is 3. The summed E-state index contributed by atoms with van der Waals surface area (Å²) < 4.78 is 62.1. The third-order valence-electron chi connectivity index (χ3n) is 7.67. The van der Waals surface area contributed by atoms with Crippen LogP contribution in [0.1, 0.15) is 53.2 Å². The quantitative estimate of drug-likeness (QED) is 0.0439. The summed E-state index contributed by atoms with van der Waals surface area (Å²) in [6.45, 7) is 4.39. The molecule has 0 aliphatic carbocycles. The third kappa shape index (κ3) is 14.9. The molecule has 0 saturated carbocycles. The van der Waals surface area contributed by atoms with Crippen molar-refractivity contribution in [2.24, 2.45) is 5.41 Å². The summed E-state index contributed by atoms with van der Waals surface area (Å²) in [5, 5.41) is 26.4. The predicted octanol–water partition coefficient (Wildman–Crippen LogP) is 0.411. The van der Waals surface area contributed by atoms with Crippen molar-refractivity contribution in [1.29, 1.82) is 0 Å². The zero-order chi connectivity index (χ0) is 42.1. The standard InChI is InChI=1S/C28H46N7O17P3S/c1-16(2)6-5-7-19(37)56-11-10-30-18(36)8-9-31-26(40)23(39)28(3,4)13-49-55(46,47)52-54(44,45)48-12-17-22(51-53(41,42)43)21(38)27(50-17)35-15-34-20-24(29)32-14-33-25(20)35/h6,14-15,17,21-23,27,38-39H,5,7-13H2,1-4H3,(H,30,36)(H,31,40)(H,44,45)(H,46,47)(H2,29,32,33)(H2,41,42,43)/t17-,21-,22-,23+,27-/m1/s1. The van der Waals surface area contributed by atoms with Gasteiger partial charge in [0.05, 0.1) is 19.5 Å². The molecule has 24 nitrogen and oxygen atoms in total. The molecule has 2 aromatic rings. The van der Waals surface area contributed by atoms with Crippen molar-refractivity contribution >= 4 is 69.1 Å². The molecule has 2 amide bonds. The SMILES string of the molecule is CC(C)=CCCC(=O)SCCNC(=O)CCNC(=O)[C@H](O)C(C)(C)COP(=O)(O)OP(=O)(O)OC[C@H]1O[C@@H](n2cnc3c(N)ncnc32)[C@H](O)[C@@H]1OP(=O)(O)O. The number of thioether (sulfide) groups is 1. The number of fused-ring (bicyclic) bond motifs is 1. The van der Waals surface area contributed by atoms with Gasteiger partial charge in [0.25, 0.3) is 0 Å². The second kappa shape index (κ2) is 20.3. The number of amides is 2. The lowest BCUT2D eigenvalue weighted by Crippen LogP contribution is -2.46. The fraction of sp³-hybridized carbons (Fsp3) is 0.643. The van der Waals surface area contributed by atoms with E-state index >= 15 is 0 Å². The molecule has 10 N–H and O–H groups in total. The number of allylic oxidation sites excluding steroid dienone is 2. The number of phosphoric acid groups is 3. The highest BCUT2D eigenvalue weighted by Crippen LogP contribution is 2.61. The Morgan fingerprint density at radius 3 is 2.39 bits per heavy atom. The molecule has 1 aliphatic rings. The van der Waals surface area contributed by atoms with Crippen LogP contribution >= 0.6 is 35.2 Å². The highest BCUT2D eigenvalue weighted by atomic mass is 32.2. The van der Waals surface area contributed by atoms with E-state index < -0.39 is 84.6 Å².